The van der Waals surface area contributed by atoms with Crippen LogP contribution in [-0.4, -0.2) is 54.2 Å². The van der Waals surface area contributed by atoms with Gasteiger partial charge in [0, 0.05) is 0 Å². The van der Waals surface area contributed by atoms with Gasteiger partial charge in [-0.2, -0.15) is 0 Å². The Labute approximate surface area is 152 Å². The van der Waals surface area contributed by atoms with Gasteiger partial charge in [0.1, 0.15) is 24.4 Å². The van der Waals surface area contributed by atoms with Crippen LogP contribution in [0.5, 0.6) is 5.75 Å². The number of benzene rings is 1. The normalized spacial score (nSPS) is 23.2. The number of fused-ring (bicyclic) bond motifs is 1. The van der Waals surface area contributed by atoms with Crippen molar-refractivity contribution in [3.8, 4) is 5.75 Å². The van der Waals surface area contributed by atoms with Gasteiger partial charge in [0.05, 0.1) is 18.2 Å². The van der Waals surface area contributed by atoms with Crippen molar-refractivity contribution in [3.63, 3.8) is 0 Å². The highest BCUT2D eigenvalue weighted by Gasteiger charge is 2.32. The minimum Gasteiger partial charge on any atom is -0.491 e. The third kappa shape index (κ3) is 4.72. The molecule has 0 saturated carbocycles. The number of aliphatic hydroxyl groups excluding tert-OH is 1. The summed E-state index contributed by atoms with van der Waals surface area (Å²) in [6, 6.07) is 4.60. The standard InChI is InChI=1S/C18H25N3O5/c1-10(2)14-17(24)19-8-9-26-13-7-5-4-6-12(13)16(23)21-15(11(3)22)18(25)20-14/h4-7,10-11,14-15,22H,8-9H2,1-3H3,(H,19,24)(H,20,25)(H,21,23)/t11-,14-,15+/m1/s1. The quantitative estimate of drug-likeness (QED) is 0.581. The molecule has 0 radical (unpaired) electrons. The zero-order valence-electron chi connectivity index (χ0n) is 15.1. The van der Waals surface area contributed by atoms with Crippen molar-refractivity contribution in [3.05, 3.63) is 29.8 Å². The number of ether oxygens (including phenoxy) is 1. The third-order valence-electron chi connectivity index (χ3n) is 4.09. The summed E-state index contributed by atoms with van der Waals surface area (Å²) in [7, 11) is 0. The van der Waals surface area contributed by atoms with E-state index in [1.165, 1.54) is 6.92 Å². The van der Waals surface area contributed by atoms with Crippen molar-refractivity contribution in [2.45, 2.75) is 39.0 Å². The van der Waals surface area contributed by atoms with Crippen LogP contribution in [0.25, 0.3) is 0 Å². The fourth-order valence-corrected chi connectivity index (χ4v) is 2.63. The zero-order chi connectivity index (χ0) is 19.3. The number of rotatable bonds is 2. The van der Waals surface area contributed by atoms with Gasteiger partial charge in [-0.1, -0.05) is 26.0 Å². The molecule has 3 atom stereocenters. The Hall–Kier alpha value is -2.61. The van der Waals surface area contributed by atoms with Gasteiger partial charge >= 0.3 is 0 Å². The first-order valence-corrected chi connectivity index (χ1v) is 8.60. The molecule has 1 aliphatic rings. The van der Waals surface area contributed by atoms with Gasteiger partial charge in [0.25, 0.3) is 5.91 Å². The smallest absolute Gasteiger partial charge is 0.255 e. The van der Waals surface area contributed by atoms with E-state index in [4.69, 9.17) is 4.74 Å². The lowest BCUT2D eigenvalue weighted by Crippen LogP contribution is -2.58. The lowest BCUT2D eigenvalue weighted by atomic mass is 10.0. The van der Waals surface area contributed by atoms with Crippen molar-refractivity contribution >= 4 is 17.7 Å². The second-order valence-electron chi connectivity index (χ2n) is 6.56. The van der Waals surface area contributed by atoms with Crippen LogP contribution in [0.1, 0.15) is 31.1 Å². The van der Waals surface area contributed by atoms with Crippen LogP contribution in [0.4, 0.5) is 0 Å². The summed E-state index contributed by atoms with van der Waals surface area (Å²) in [5.41, 5.74) is 0.247. The third-order valence-corrected chi connectivity index (χ3v) is 4.09. The van der Waals surface area contributed by atoms with Gasteiger partial charge < -0.3 is 25.8 Å². The van der Waals surface area contributed by atoms with Crippen molar-refractivity contribution in [1.82, 2.24) is 16.0 Å². The molecule has 26 heavy (non-hydrogen) atoms. The molecular weight excluding hydrogens is 338 g/mol. The molecule has 0 aliphatic carbocycles. The lowest BCUT2D eigenvalue weighted by Gasteiger charge is -2.26. The van der Waals surface area contributed by atoms with Gasteiger partial charge in [-0.3, -0.25) is 14.4 Å². The van der Waals surface area contributed by atoms with Crippen LogP contribution < -0.4 is 20.7 Å². The number of nitrogens with one attached hydrogen (secondary N) is 3. The summed E-state index contributed by atoms with van der Waals surface area (Å²) < 4.78 is 5.59. The average Bonchev–Trinajstić information content (AvgIpc) is 2.60. The first-order valence-electron chi connectivity index (χ1n) is 8.60. The number of hydrogen-bond donors (Lipinski definition) is 4. The summed E-state index contributed by atoms with van der Waals surface area (Å²) >= 11 is 0. The van der Waals surface area contributed by atoms with Crippen molar-refractivity contribution in [1.29, 1.82) is 0 Å². The van der Waals surface area contributed by atoms with Crippen molar-refractivity contribution in [2.75, 3.05) is 13.2 Å². The number of aliphatic hydroxyl groups is 1. The van der Waals surface area contributed by atoms with Gasteiger partial charge in [-0.15, -0.1) is 0 Å². The zero-order valence-corrected chi connectivity index (χ0v) is 15.1. The summed E-state index contributed by atoms with van der Waals surface area (Å²) in [6.07, 6.45) is -1.15. The van der Waals surface area contributed by atoms with E-state index in [2.05, 4.69) is 16.0 Å². The second kappa shape index (κ2) is 8.66. The molecule has 0 aromatic heterocycles. The Morgan fingerprint density at radius 1 is 1.04 bits per heavy atom. The SMILES string of the molecule is CC(C)[C@H]1NC(=O)[C@H]([C@@H](C)O)NC(=O)c2ccccc2OCCNC1=O. The van der Waals surface area contributed by atoms with E-state index in [0.29, 0.717) is 5.75 Å². The molecule has 2 rings (SSSR count). The Morgan fingerprint density at radius 3 is 2.38 bits per heavy atom. The molecule has 0 spiro atoms. The summed E-state index contributed by atoms with van der Waals surface area (Å²) in [6.45, 7) is 5.40. The first-order chi connectivity index (χ1) is 12.3. The summed E-state index contributed by atoms with van der Waals surface area (Å²) in [4.78, 5) is 37.5. The van der Waals surface area contributed by atoms with Gasteiger partial charge in [0.2, 0.25) is 11.8 Å². The fourth-order valence-electron chi connectivity index (χ4n) is 2.63. The van der Waals surface area contributed by atoms with Gasteiger partial charge in [-0.05, 0) is 25.0 Å². The van der Waals surface area contributed by atoms with Crippen LogP contribution >= 0.6 is 0 Å². The molecule has 0 unspecified atom stereocenters. The Bertz CT molecular complexity index is 675. The molecule has 3 amide bonds. The number of carbonyl (C=O) groups excluding carboxylic acids is 3. The molecule has 1 aliphatic heterocycles. The minimum atomic E-state index is -1.20. The Kier molecular flexibility index (Phi) is 6.57. The molecule has 8 nitrogen and oxygen atoms in total. The van der Waals surface area contributed by atoms with E-state index in [1.807, 2.05) is 0 Å². The molecule has 0 bridgehead atoms. The lowest BCUT2D eigenvalue weighted by molar-refractivity contribution is -0.132. The van der Waals surface area contributed by atoms with Crippen LogP contribution in [0.15, 0.2) is 24.3 Å². The highest BCUT2D eigenvalue weighted by molar-refractivity contribution is 6.00. The molecule has 0 saturated heterocycles. The molecule has 4 N–H and O–H groups in total. The predicted octanol–water partition coefficient (Wildman–Crippen LogP) is -0.185. The predicted molar refractivity (Wildman–Crippen MR) is 94.7 cm³/mol. The van der Waals surface area contributed by atoms with Crippen LogP contribution in [0, 0.1) is 5.92 Å². The van der Waals surface area contributed by atoms with Gasteiger partial charge in [-0.25, -0.2) is 0 Å². The number of hydrogen-bond acceptors (Lipinski definition) is 5. The molecule has 1 aromatic carbocycles. The van der Waals surface area contributed by atoms with E-state index < -0.39 is 30.0 Å². The van der Waals surface area contributed by atoms with Gasteiger partial charge in [0.15, 0.2) is 0 Å². The van der Waals surface area contributed by atoms with E-state index in [9.17, 15) is 19.5 Å². The maximum atomic E-state index is 12.6. The van der Waals surface area contributed by atoms with E-state index in [1.54, 1.807) is 38.1 Å². The first kappa shape index (κ1) is 19.7. The van der Waals surface area contributed by atoms with Crippen LogP contribution in [0.3, 0.4) is 0 Å². The molecule has 1 heterocycles. The number of para-hydroxylation sites is 1. The van der Waals surface area contributed by atoms with Crippen LogP contribution in [-0.2, 0) is 9.59 Å². The number of carbonyl (C=O) groups is 3. The Morgan fingerprint density at radius 2 is 1.73 bits per heavy atom. The highest BCUT2D eigenvalue weighted by Crippen LogP contribution is 2.18. The topological polar surface area (TPSA) is 117 Å². The average molecular weight is 363 g/mol. The maximum Gasteiger partial charge on any atom is 0.255 e. The minimum absolute atomic E-state index is 0.174. The van der Waals surface area contributed by atoms with Crippen LogP contribution in [0.2, 0.25) is 0 Å². The largest absolute Gasteiger partial charge is 0.491 e. The molecule has 0 fully saturated rings. The molecular formula is C18H25N3O5. The van der Waals surface area contributed by atoms with Crippen molar-refractivity contribution < 1.29 is 24.2 Å². The molecule has 8 heteroatoms. The molecule has 142 valence electrons. The fraction of sp³-hybridized carbons (Fsp3) is 0.500. The maximum absolute atomic E-state index is 12.6. The summed E-state index contributed by atoms with van der Waals surface area (Å²) in [5, 5.41) is 17.8. The monoisotopic (exact) mass is 363 g/mol. The number of amides is 3. The molecule has 1 aromatic rings. The van der Waals surface area contributed by atoms with Crippen molar-refractivity contribution in [2.24, 2.45) is 5.92 Å². The van der Waals surface area contributed by atoms with E-state index in [-0.39, 0.29) is 30.5 Å². The van der Waals surface area contributed by atoms with E-state index in [0.717, 1.165) is 0 Å². The highest BCUT2D eigenvalue weighted by atomic mass is 16.5. The Balaban J connectivity index is 2.35. The summed E-state index contributed by atoms with van der Waals surface area (Å²) in [5.74, 6) is -1.35. The van der Waals surface area contributed by atoms with E-state index >= 15 is 0 Å². The second-order valence-corrected chi connectivity index (χ2v) is 6.56.